The molecule has 0 radical (unpaired) electrons. The van der Waals surface area contributed by atoms with Gasteiger partial charge in [0.15, 0.2) is 11.5 Å². The zero-order valence-corrected chi connectivity index (χ0v) is 15.1. The van der Waals surface area contributed by atoms with Crippen LogP contribution >= 0.6 is 0 Å². The van der Waals surface area contributed by atoms with Gasteiger partial charge in [0.2, 0.25) is 5.09 Å². The summed E-state index contributed by atoms with van der Waals surface area (Å²) in [7, 11) is 1.93. The summed E-state index contributed by atoms with van der Waals surface area (Å²) >= 11 is 0. The van der Waals surface area contributed by atoms with Gasteiger partial charge in [0, 0.05) is 14.1 Å². The van der Waals surface area contributed by atoms with E-state index in [9.17, 15) is 13.2 Å². The van der Waals surface area contributed by atoms with Gasteiger partial charge in [0.25, 0.3) is 10.0 Å². The number of ether oxygens (including phenoxy) is 3. The Morgan fingerprint density at radius 3 is 2.44 bits per heavy atom. The van der Waals surface area contributed by atoms with E-state index in [0.29, 0.717) is 22.8 Å². The van der Waals surface area contributed by atoms with Gasteiger partial charge in [-0.05, 0) is 30.3 Å². The first kappa shape index (κ1) is 18.8. The molecular weight excluding hydrogens is 350 g/mol. The maximum absolute atomic E-state index is 12.0. The lowest BCUT2D eigenvalue weighted by Crippen LogP contribution is -2.21. The van der Waals surface area contributed by atoms with Crippen LogP contribution in [0.1, 0.15) is 16.1 Å². The van der Waals surface area contributed by atoms with Gasteiger partial charge in [0.1, 0.15) is 12.4 Å². The van der Waals surface area contributed by atoms with Gasteiger partial charge < -0.3 is 18.6 Å². The summed E-state index contributed by atoms with van der Waals surface area (Å²) in [4.78, 5) is 11.5. The van der Waals surface area contributed by atoms with Crippen LogP contribution in [0, 0.1) is 0 Å². The lowest BCUT2D eigenvalue weighted by molar-refractivity contribution is 0.0600. The molecule has 0 amide bonds. The molecule has 0 fully saturated rings. The van der Waals surface area contributed by atoms with Crippen LogP contribution in [0.2, 0.25) is 0 Å². The first-order valence-electron chi connectivity index (χ1n) is 7.20. The van der Waals surface area contributed by atoms with Crippen molar-refractivity contribution in [2.24, 2.45) is 0 Å². The van der Waals surface area contributed by atoms with Crippen LogP contribution in [-0.4, -0.2) is 47.0 Å². The largest absolute Gasteiger partial charge is 0.493 e. The average molecular weight is 369 g/mol. The van der Waals surface area contributed by atoms with E-state index in [1.807, 2.05) is 0 Å². The van der Waals surface area contributed by atoms with E-state index in [1.54, 1.807) is 6.07 Å². The number of hydrogen-bond acceptors (Lipinski definition) is 7. The molecule has 0 bridgehead atoms. The molecule has 1 aromatic carbocycles. The summed E-state index contributed by atoms with van der Waals surface area (Å²) in [6, 6.07) is 7.47. The number of furan rings is 1. The van der Waals surface area contributed by atoms with Crippen molar-refractivity contribution in [3.63, 3.8) is 0 Å². The number of carbonyl (C=O) groups is 1. The Bertz CT molecular complexity index is 855. The van der Waals surface area contributed by atoms with Crippen molar-refractivity contribution in [3.05, 3.63) is 41.7 Å². The van der Waals surface area contributed by atoms with E-state index in [1.165, 1.54) is 52.6 Å². The van der Waals surface area contributed by atoms with E-state index < -0.39 is 16.0 Å². The minimum atomic E-state index is -3.63. The Morgan fingerprint density at radius 1 is 1.12 bits per heavy atom. The van der Waals surface area contributed by atoms with Gasteiger partial charge in [-0.1, -0.05) is 0 Å². The molecule has 0 aliphatic carbocycles. The number of sulfonamides is 1. The summed E-state index contributed by atoms with van der Waals surface area (Å²) in [6.07, 6.45) is 0. The third-order valence-electron chi connectivity index (χ3n) is 3.33. The van der Waals surface area contributed by atoms with Gasteiger partial charge in [0.05, 0.1) is 19.8 Å². The molecule has 0 saturated carbocycles. The number of benzene rings is 1. The van der Waals surface area contributed by atoms with E-state index in [-0.39, 0.29) is 11.7 Å². The van der Waals surface area contributed by atoms with Gasteiger partial charge in [-0.15, -0.1) is 0 Å². The monoisotopic (exact) mass is 369 g/mol. The fourth-order valence-corrected chi connectivity index (χ4v) is 2.75. The Hall–Kier alpha value is -2.52. The van der Waals surface area contributed by atoms with Crippen LogP contribution in [-0.2, 0) is 21.4 Å². The van der Waals surface area contributed by atoms with Gasteiger partial charge >= 0.3 is 5.97 Å². The zero-order chi connectivity index (χ0) is 18.6. The molecular formula is C16H19NO7S. The van der Waals surface area contributed by atoms with Crippen molar-refractivity contribution >= 4 is 16.0 Å². The highest BCUT2D eigenvalue weighted by Gasteiger charge is 2.21. The molecule has 0 spiro atoms. The fraction of sp³-hybridized carbons (Fsp3) is 0.312. The lowest BCUT2D eigenvalue weighted by atomic mass is 10.2. The molecule has 0 aliphatic heterocycles. The molecule has 1 heterocycles. The van der Waals surface area contributed by atoms with Gasteiger partial charge in [-0.25, -0.2) is 17.5 Å². The van der Waals surface area contributed by atoms with Crippen LogP contribution in [0.4, 0.5) is 0 Å². The molecule has 0 saturated heterocycles. The predicted octanol–water partition coefficient (Wildman–Crippen LogP) is 1.90. The second-order valence-electron chi connectivity index (χ2n) is 5.15. The Balaban J connectivity index is 2.14. The van der Waals surface area contributed by atoms with Crippen molar-refractivity contribution in [2.75, 3.05) is 28.3 Å². The highest BCUT2D eigenvalue weighted by molar-refractivity contribution is 7.88. The average Bonchev–Trinajstić information content (AvgIpc) is 3.08. The van der Waals surface area contributed by atoms with E-state index >= 15 is 0 Å². The quantitative estimate of drug-likeness (QED) is 0.688. The molecule has 2 aromatic rings. The molecule has 0 unspecified atom stereocenters. The number of esters is 1. The van der Waals surface area contributed by atoms with Crippen molar-refractivity contribution < 1.29 is 31.8 Å². The zero-order valence-electron chi connectivity index (χ0n) is 14.3. The standard InChI is InChI=1S/C16H19NO7S/c1-17(2)25(19,20)15-8-6-12(24-15)10-23-13-7-5-11(16(18)22-4)9-14(13)21-3/h5-9H,10H2,1-4H3. The third-order valence-corrected chi connectivity index (χ3v) is 5.02. The number of rotatable bonds is 7. The molecule has 25 heavy (non-hydrogen) atoms. The van der Waals surface area contributed by atoms with Crippen LogP contribution < -0.4 is 9.47 Å². The lowest BCUT2D eigenvalue weighted by Gasteiger charge is -2.11. The molecule has 2 rings (SSSR count). The SMILES string of the molecule is COC(=O)c1ccc(OCc2ccc(S(=O)(=O)N(C)C)o2)c(OC)c1. The first-order chi connectivity index (χ1) is 11.8. The Labute approximate surface area is 145 Å². The molecule has 0 N–H and O–H groups in total. The van der Waals surface area contributed by atoms with Gasteiger partial charge in [-0.2, -0.15) is 0 Å². The molecule has 8 nitrogen and oxygen atoms in total. The number of methoxy groups -OCH3 is 2. The minimum Gasteiger partial charge on any atom is -0.493 e. The summed E-state index contributed by atoms with van der Waals surface area (Å²) in [5.41, 5.74) is 0.323. The van der Waals surface area contributed by atoms with Crippen LogP contribution in [0.3, 0.4) is 0 Å². The normalized spacial score (nSPS) is 11.4. The minimum absolute atomic E-state index is 0.00310. The van der Waals surface area contributed by atoms with Gasteiger partial charge in [-0.3, -0.25) is 0 Å². The van der Waals surface area contributed by atoms with E-state index in [4.69, 9.17) is 13.9 Å². The highest BCUT2D eigenvalue weighted by Crippen LogP contribution is 2.29. The molecule has 0 atom stereocenters. The molecule has 136 valence electrons. The Kier molecular flexibility index (Phi) is 5.70. The van der Waals surface area contributed by atoms with Crippen LogP contribution in [0.15, 0.2) is 39.8 Å². The van der Waals surface area contributed by atoms with E-state index in [2.05, 4.69) is 4.74 Å². The third kappa shape index (κ3) is 4.12. The van der Waals surface area contributed by atoms with E-state index in [0.717, 1.165) is 4.31 Å². The van der Waals surface area contributed by atoms with Crippen LogP contribution in [0.25, 0.3) is 0 Å². The maximum atomic E-state index is 12.0. The summed E-state index contributed by atoms with van der Waals surface area (Å²) in [5.74, 6) is 0.563. The number of carbonyl (C=O) groups excluding carboxylic acids is 1. The highest BCUT2D eigenvalue weighted by atomic mass is 32.2. The summed E-state index contributed by atoms with van der Waals surface area (Å²) in [5, 5.41) is -0.163. The molecule has 9 heteroatoms. The van der Waals surface area contributed by atoms with Crippen molar-refractivity contribution in [1.29, 1.82) is 0 Å². The predicted molar refractivity (Wildman–Crippen MR) is 88.2 cm³/mol. The number of nitrogens with zero attached hydrogens (tertiary/aromatic N) is 1. The van der Waals surface area contributed by atoms with Crippen LogP contribution in [0.5, 0.6) is 11.5 Å². The topological polar surface area (TPSA) is 95.3 Å². The van der Waals surface area contributed by atoms with Crippen molar-refractivity contribution in [3.8, 4) is 11.5 Å². The Morgan fingerprint density at radius 2 is 1.84 bits per heavy atom. The fourth-order valence-electron chi connectivity index (χ4n) is 1.93. The smallest absolute Gasteiger partial charge is 0.337 e. The van der Waals surface area contributed by atoms with Crippen molar-refractivity contribution in [2.45, 2.75) is 11.7 Å². The maximum Gasteiger partial charge on any atom is 0.337 e. The second-order valence-corrected chi connectivity index (χ2v) is 7.24. The first-order valence-corrected chi connectivity index (χ1v) is 8.64. The summed E-state index contributed by atoms with van der Waals surface area (Å²) in [6.45, 7) is -0.00310. The number of hydrogen-bond donors (Lipinski definition) is 0. The molecule has 1 aromatic heterocycles. The molecule has 0 aliphatic rings. The summed E-state index contributed by atoms with van der Waals surface area (Å²) < 4.78 is 45.8. The second kappa shape index (κ2) is 7.58. The van der Waals surface area contributed by atoms with Crippen molar-refractivity contribution in [1.82, 2.24) is 4.31 Å².